The van der Waals surface area contributed by atoms with Crippen LogP contribution in [0.5, 0.6) is 0 Å². The van der Waals surface area contributed by atoms with Gasteiger partial charge in [0.05, 0.1) is 0 Å². The van der Waals surface area contributed by atoms with Crippen molar-refractivity contribution in [1.82, 2.24) is 0 Å². The molecule has 0 amide bonds. The van der Waals surface area contributed by atoms with E-state index in [4.69, 9.17) is 5.73 Å². The molecule has 2 heteroatoms. The Kier molecular flexibility index (Phi) is 3.83. The van der Waals surface area contributed by atoms with Gasteiger partial charge in [0, 0.05) is 18.8 Å². The Labute approximate surface area is 98.4 Å². The van der Waals surface area contributed by atoms with Crippen molar-refractivity contribution in [3.63, 3.8) is 0 Å². The van der Waals surface area contributed by atoms with Gasteiger partial charge in [-0.3, -0.25) is 0 Å². The Balaban J connectivity index is 2.03. The Bertz CT molecular complexity index is 318. The van der Waals surface area contributed by atoms with E-state index in [0.717, 1.165) is 18.9 Å². The lowest BCUT2D eigenvalue weighted by molar-refractivity contribution is 0.447. The van der Waals surface area contributed by atoms with Crippen LogP contribution in [-0.4, -0.2) is 19.6 Å². The van der Waals surface area contributed by atoms with Gasteiger partial charge in [0.15, 0.2) is 0 Å². The highest BCUT2D eigenvalue weighted by atomic mass is 15.1. The van der Waals surface area contributed by atoms with Crippen LogP contribution < -0.4 is 10.6 Å². The molecule has 0 saturated carbocycles. The highest BCUT2D eigenvalue weighted by molar-refractivity contribution is 5.48. The number of rotatable bonds is 3. The van der Waals surface area contributed by atoms with Gasteiger partial charge in [-0.2, -0.15) is 0 Å². The van der Waals surface area contributed by atoms with Gasteiger partial charge in [0.25, 0.3) is 0 Å². The van der Waals surface area contributed by atoms with E-state index in [-0.39, 0.29) is 0 Å². The zero-order chi connectivity index (χ0) is 11.4. The third kappa shape index (κ3) is 2.76. The van der Waals surface area contributed by atoms with Crippen LogP contribution in [0.3, 0.4) is 0 Å². The summed E-state index contributed by atoms with van der Waals surface area (Å²) < 4.78 is 0. The predicted molar refractivity (Wildman–Crippen MR) is 69.8 cm³/mol. The molecule has 1 saturated heterocycles. The molecule has 16 heavy (non-hydrogen) atoms. The molecule has 0 aromatic heterocycles. The standard InChI is InChI=1S/C14H22N2/c1-12-3-2-10-16(11-12)14-6-4-13(5-7-14)8-9-15/h4-7,12H,2-3,8-11,15H2,1H3. The van der Waals surface area contributed by atoms with Gasteiger partial charge < -0.3 is 10.6 Å². The monoisotopic (exact) mass is 218 g/mol. The maximum Gasteiger partial charge on any atom is 0.0366 e. The summed E-state index contributed by atoms with van der Waals surface area (Å²) in [6.45, 7) is 5.49. The molecular weight excluding hydrogens is 196 g/mol. The first-order valence-corrected chi connectivity index (χ1v) is 6.33. The van der Waals surface area contributed by atoms with Crippen LogP contribution in [0.25, 0.3) is 0 Å². The van der Waals surface area contributed by atoms with Gasteiger partial charge >= 0.3 is 0 Å². The smallest absolute Gasteiger partial charge is 0.0366 e. The first-order valence-electron chi connectivity index (χ1n) is 6.33. The number of nitrogens with zero attached hydrogens (tertiary/aromatic N) is 1. The van der Waals surface area contributed by atoms with Crippen molar-refractivity contribution in [2.24, 2.45) is 11.7 Å². The second kappa shape index (κ2) is 5.35. The van der Waals surface area contributed by atoms with Gasteiger partial charge in [-0.15, -0.1) is 0 Å². The van der Waals surface area contributed by atoms with E-state index in [1.807, 2.05) is 0 Å². The molecule has 1 aliphatic rings. The fraction of sp³-hybridized carbons (Fsp3) is 0.571. The maximum absolute atomic E-state index is 5.55. The Morgan fingerprint density at radius 1 is 1.31 bits per heavy atom. The average Bonchev–Trinajstić information content (AvgIpc) is 2.30. The number of hydrogen-bond donors (Lipinski definition) is 1. The summed E-state index contributed by atoms with van der Waals surface area (Å²) in [5.74, 6) is 0.831. The molecule has 0 bridgehead atoms. The summed E-state index contributed by atoms with van der Waals surface area (Å²) in [6.07, 6.45) is 3.68. The summed E-state index contributed by atoms with van der Waals surface area (Å²) >= 11 is 0. The van der Waals surface area contributed by atoms with E-state index in [9.17, 15) is 0 Å². The maximum atomic E-state index is 5.55. The molecule has 2 nitrogen and oxygen atoms in total. The van der Waals surface area contributed by atoms with Crippen molar-refractivity contribution in [2.75, 3.05) is 24.5 Å². The van der Waals surface area contributed by atoms with Crippen LogP contribution in [0.4, 0.5) is 5.69 Å². The summed E-state index contributed by atoms with van der Waals surface area (Å²) in [6, 6.07) is 8.90. The fourth-order valence-electron chi connectivity index (χ4n) is 2.46. The second-order valence-electron chi connectivity index (χ2n) is 4.90. The first kappa shape index (κ1) is 11.5. The number of nitrogens with two attached hydrogens (primary N) is 1. The normalized spacial score (nSPS) is 21.1. The Morgan fingerprint density at radius 3 is 2.69 bits per heavy atom. The lowest BCUT2D eigenvalue weighted by Gasteiger charge is -2.32. The molecule has 88 valence electrons. The summed E-state index contributed by atoms with van der Waals surface area (Å²) in [4.78, 5) is 2.50. The third-order valence-electron chi connectivity index (χ3n) is 3.39. The lowest BCUT2D eigenvalue weighted by Crippen LogP contribution is -2.34. The molecule has 1 aliphatic heterocycles. The van der Waals surface area contributed by atoms with Crippen molar-refractivity contribution in [3.8, 4) is 0 Å². The zero-order valence-corrected chi connectivity index (χ0v) is 10.2. The van der Waals surface area contributed by atoms with Crippen molar-refractivity contribution in [2.45, 2.75) is 26.2 Å². The molecule has 2 N–H and O–H groups in total. The van der Waals surface area contributed by atoms with E-state index in [0.29, 0.717) is 0 Å². The second-order valence-corrected chi connectivity index (χ2v) is 4.90. The van der Waals surface area contributed by atoms with E-state index in [1.165, 1.54) is 37.2 Å². The highest BCUT2D eigenvalue weighted by Gasteiger charge is 2.16. The van der Waals surface area contributed by atoms with Crippen LogP contribution in [0, 0.1) is 5.92 Å². The van der Waals surface area contributed by atoms with E-state index >= 15 is 0 Å². The Hall–Kier alpha value is -1.02. The Morgan fingerprint density at radius 2 is 2.06 bits per heavy atom. The van der Waals surface area contributed by atoms with Gasteiger partial charge in [-0.1, -0.05) is 19.1 Å². The minimum atomic E-state index is 0.736. The van der Waals surface area contributed by atoms with Crippen molar-refractivity contribution >= 4 is 5.69 Å². The molecule has 1 unspecified atom stereocenters. The molecular formula is C14H22N2. The molecule has 2 rings (SSSR count). The SMILES string of the molecule is CC1CCCN(c2ccc(CCN)cc2)C1. The molecule has 1 aromatic rings. The molecule has 0 radical (unpaired) electrons. The predicted octanol–water partition coefficient (Wildman–Crippen LogP) is 2.42. The summed E-state index contributed by atoms with van der Waals surface area (Å²) in [5, 5.41) is 0. The average molecular weight is 218 g/mol. The number of benzene rings is 1. The van der Waals surface area contributed by atoms with E-state index < -0.39 is 0 Å². The van der Waals surface area contributed by atoms with Gasteiger partial charge in [-0.25, -0.2) is 0 Å². The molecule has 1 aromatic carbocycles. The van der Waals surface area contributed by atoms with Gasteiger partial charge in [0.2, 0.25) is 0 Å². The first-order chi connectivity index (χ1) is 7.79. The summed E-state index contributed by atoms with van der Waals surface area (Å²) in [7, 11) is 0. The zero-order valence-electron chi connectivity index (χ0n) is 10.2. The van der Waals surface area contributed by atoms with E-state index in [2.05, 4.69) is 36.1 Å². The van der Waals surface area contributed by atoms with Crippen LogP contribution in [-0.2, 0) is 6.42 Å². The molecule has 1 atom stereocenters. The molecule has 1 fully saturated rings. The molecule has 0 aliphatic carbocycles. The van der Waals surface area contributed by atoms with Gasteiger partial charge in [0.1, 0.15) is 0 Å². The number of piperidine rings is 1. The van der Waals surface area contributed by atoms with E-state index in [1.54, 1.807) is 0 Å². The van der Waals surface area contributed by atoms with Crippen LogP contribution in [0.1, 0.15) is 25.3 Å². The van der Waals surface area contributed by atoms with Gasteiger partial charge in [-0.05, 0) is 49.4 Å². The molecule has 1 heterocycles. The largest absolute Gasteiger partial charge is 0.371 e. The number of anilines is 1. The van der Waals surface area contributed by atoms with Crippen LogP contribution >= 0.6 is 0 Å². The minimum Gasteiger partial charge on any atom is -0.371 e. The summed E-state index contributed by atoms with van der Waals surface area (Å²) in [5.41, 5.74) is 8.26. The third-order valence-corrected chi connectivity index (χ3v) is 3.39. The van der Waals surface area contributed by atoms with Crippen molar-refractivity contribution in [3.05, 3.63) is 29.8 Å². The fourth-order valence-corrected chi connectivity index (χ4v) is 2.46. The van der Waals surface area contributed by atoms with Crippen molar-refractivity contribution in [1.29, 1.82) is 0 Å². The topological polar surface area (TPSA) is 29.3 Å². The quantitative estimate of drug-likeness (QED) is 0.844. The highest BCUT2D eigenvalue weighted by Crippen LogP contribution is 2.23. The number of hydrogen-bond acceptors (Lipinski definition) is 2. The minimum absolute atomic E-state index is 0.736. The van der Waals surface area contributed by atoms with Crippen molar-refractivity contribution < 1.29 is 0 Å². The van der Waals surface area contributed by atoms with Crippen LogP contribution in [0.2, 0.25) is 0 Å². The van der Waals surface area contributed by atoms with Crippen LogP contribution in [0.15, 0.2) is 24.3 Å². The molecule has 0 spiro atoms. The lowest BCUT2D eigenvalue weighted by atomic mass is 9.99.